The molecule has 218 valence electrons. The van der Waals surface area contributed by atoms with Crippen LogP contribution in [0.4, 0.5) is 8.78 Å². The second-order valence-electron chi connectivity index (χ2n) is 11.3. The summed E-state index contributed by atoms with van der Waals surface area (Å²) in [4.78, 5) is 40.9. The van der Waals surface area contributed by atoms with E-state index in [2.05, 4.69) is 10.6 Å². The first kappa shape index (κ1) is 31.0. The van der Waals surface area contributed by atoms with Crippen molar-refractivity contribution in [3.8, 4) is 5.75 Å². The Kier molecular flexibility index (Phi) is 9.24. The van der Waals surface area contributed by atoms with Crippen LogP contribution in [0.25, 0.3) is 0 Å². The lowest BCUT2D eigenvalue weighted by Gasteiger charge is -2.34. The number of carbonyl (C=O) groups is 3. The number of halogens is 2. The quantitative estimate of drug-likeness (QED) is 0.375. The summed E-state index contributed by atoms with van der Waals surface area (Å²) in [6, 6.07) is 8.79. The molecule has 2 aromatic carbocycles. The Bertz CT molecular complexity index is 1250. The number of nitrogens with zero attached hydrogens (tertiary/aromatic N) is 1. The van der Waals surface area contributed by atoms with E-state index in [4.69, 9.17) is 0 Å². The van der Waals surface area contributed by atoms with Gasteiger partial charge in [-0.1, -0.05) is 51.1 Å². The van der Waals surface area contributed by atoms with Crippen LogP contribution in [-0.4, -0.2) is 69.5 Å². The summed E-state index contributed by atoms with van der Waals surface area (Å²) >= 11 is 0. The molecule has 1 aliphatic heterocycles. The number of aryl methyl sites for hydroxylation is 1. The maximum atomic E-state index is 15.2. The summed E-state index contributed by atoms with van der Waals surface area (Å²) < 4.78 is 30.4. The van der Waals surface area contributed by atoms with Gasteiger partial charge < -0.3 is 25.7 Å². The lowest BCUT2D eigenvalue weighted by Crippen LogP contribution is -2.58. The van der Waals surface area contributed by atoms with Crippen molar-refractivity contribution in [3.63, 3.8) is 0 Å². The molecule has 3 amide bonds. The second-order valence-corrected chi connectivity index (χ2v) is 11.3. The maximum absolute atomic E-state index is 15.2. The lowest BCUT2D eigenvalue weighted by atomic mass is 9.81. The number of hydrogen-bond donors (Lipinski definition) is 4. The van der Waals surface area contributed by atoms with E-state index < -0.39 is 53.8 Å². The van der Waals surface area contributed by atoms with Gasteiger partial charge in [0.15, 0.2) is 6.10 Å². The van der Waals surface area contributed by atoms with Gasteiger partial charge in [0, 0.05) is 17.2 Å². The number of carbonyl (C=O) groups excluding carboxylic acids is 3. The molecule has 2 aromatic rings. The normalized spacial score (nSPS) is 19.9. The number of benzene rings is 2. The number of nitrogens with one attached hydrogen (secondary N) is 2. The molecule has 40 heavy (non-hydrogen) atoms. The van der Waals surface area contributed by atoms with Crippen LogP contribution in [0.15, 0.2) is 42.5 Å². The summed E-state index contributed by atoms with van der Waals surface area (Å²) in [6.07, 6.45) is -1.37. The fourth-order valence-corrected chi connectivity index (χ4v) is 4.97. The van der Waals surface area contributed by atoms with Gasteiger partial charge >= 0.3 is 0 Å². The lowest BCUT2D eigenvalue weighted by molar-refractivity contribution is -0.148. The molecule has 0 radical (unpaired) electrons. The Hall–Kier alpha value is -3.53. The highest BCUT2D eigenvalue weighted by molar-refractivity contribution is 5.97. The molecule has 0 bridgehead atoms. The van der Waals surface area contributed by atoms with E-state index in [1.54, 1.807) is 57.2 Å². The van der Waals surface area contributed by atoms with Gasteiger partial charge in [-0.15, -0.1) is 0 Å². The summed E-state index contributed by atoms with van der Waals surface area (Å²) in [5.41, 5.74) is -0.142. The predicted octanol–water partition coefficient (Wildman–Crippen LogP) is 3.50. The number of amides is 3. The summed E-state index contributed by atoms with van der Waals surface area (Å²) in [5, 5.41) is 26.9. The number of hydrogen-bond acceptors (Lipinski definition) is 5. The minimum atomic E-state index is -3.41. The molecule has 3 rings (SSSR count). The molecular formula is C30H39F2N3O5. The maximum Gasteiger partial charge on any atom is 0.272 e. The van der Waals surface area contributed by atoms with Crippen LogP contribution < -0.4 is 10.6 Å². The van der Waals surface area contributed by atoms with Crippen LogP contribution in [0.5, 0.6) is 5.75 Å². The Labute approximate surface area is 233 Å². The topological polar surface area (TPSA) is 119 Å². The Balaban J connectivity index is 1.97. The largest absolute Gasteiger partial charge is 0.508 e. The van der Waals surface area contributed by atoms with E-state index in [0.717, 1.165) is 4.90 Å². The van der Waals surface area contributed by atoms with Gasteiger partial charge in [-0.25, -0.2) is 8.78 Å². The number of aliphatic hydroxyl groups excluding tert-OH is 1. The number of alkyl halides is 2. The zero-order chi connectivity index (χ0) is 30.0. The van der Waals surface area contributed by atoms with Crippen LogP contribution in [0.1, 0.15) is 61.2 Å². The molecule has 0 aromatic heterocycles. The molecule has 1 saturated heterocycles. The molecule has 4 atom stereocenters. The number of rotatable bonds is 9. The first-order valence-corrected chi connectivity index (χ1v) is 13.4. The van der Waals surface area contributed by atoms with Crippen molar-refractivity contribution in [2.75, 3.05) is 6.54 Å². The molecule has 1 aliphatic rings. The fraction of sp³-hybridized carbons (Fsp3) is 0.500. The molecule has 1 heterocycles. The number of phenolic OH excluding ortho intramolecular Hbond substituents is 1. The highest BCUT2D eigenvalue weighted by atomic mass is 19.3. The zero-order valence-electron chi connectivity index (χ0n) is 23.8. The van der Waals surface area contributed by atoms with Crippen LogP contribution in [-0.2, 0) is 16.0 Å². The van der Waals surface area contributed by atoms with Crippen LogP contribution >= 0.6 is 0 Å². The van der Waals surface area contributed by atoms with Crippen molar-refractivity contribution in [3.05, 3.63) is 64.7 Å². The van der Waals surface area contributed by atoms with Crippen molar-refractivity contribution in [1.82, 2.24) is 15.5 Å². The molecule has 0 spiro atoms. The minimum Gasteiger partial charge on any atom is -0.508 e. The van der Waals surface area contributed by atoms with E-state index in [1.165, 1.54) is 19.9 Å². The van der Waals surface area contributed by atoms with E-state index in [-0.39, 0.29) is 23.8 Å². The SMILES string of the molecule is CCC(C)NC(=O)[C@@H]1N(C(=O)[C@@H](O)[C@H](Cc2ccccc2)NC(=O)c2cc(C)cc(O)c2C)CC(F)(F)C1(C)C. The highest BCUT2D eigenvalue weighted by Crippen LogP contribution is 2.48. The molecule has 0 saturated carbocycles. The molecule has 0 aliphatic carbocycles. The number of aliphatic hydroxyl groups is 1. The zero-order valence-corrected chi connectivity index (χ0v) is 23.8. The molecular weight excluding hydrogens is 520 g/mol. The Morgan fingerprint density at radius 3 is 2.33 bits per heavy atom. The average Bonchev–Trinajstić information content (AvgIpc) is 3.08. The molecule has 1 unspecified atom stereocenters. The van der Waals surface area contributed by atoms with E-state index in [1.807, 2.05) is 6.92 Å². The summed E-state index contributed by atoms with van der Waals surface area (Å²) in [7, 11) is 0. The van der Waals surface area contributed by atoms with Crippen molar-refractivity contribution < 1.29 is 33.4 Å². The van der Waals surface area contributed by atoms with Crippen LogP contribution in [0.3, 0.4) is 0 Å². The standard InChI is InChI=1S/C30H39F2N3O5/c1-7-18(3)33-27(39)25-29(5,6)30(31,32)16-35(25)28(40)24(37)22(15-20-11-9-8-10-12-20)34-26(38)21-13-17(2)14-23(36)19(21)4/h8-14,18,22,24-25,36-37H,7,15-16H2,1-6H3,(H,33,39)(H,34,38)/t18?,22-,24-,25-/m0/s1. The molecule has 10 heteroatoms. The van der Waals surface area contributed by atoms with Gasteiger partial charge in [-0.05, 0) is 56.9 Å². The van der Waals surface area contributed by atoms with Gasteiger partial charge in [0.2, 0.25) is 5.91 Å². The highest BCUT2D eigenvalue weighted by Gasteiger charge is 2.64. The Morgan fingerprint density at radius 2 is 1.73 bits per heavy atom. The van der Waals surface area contributed by atoms with Crippen molar-refractivity contribution in [1.29, 1.82) is 0 Å². The first-order chi connectivity index (χ1) is 18.6. The summed E-state index contributed by atoms with van der Waals surface area (Å²) in [6.45, 7) is 8.23. The third-order valence-electron chi connectivity index (χ3n) is 7.86. The van der Waals surface area contributed by atoms with Crippen molar-refractivity contribution in [2.24, 2.45) is 5.41 Å². The fourth-order valence-electron chi connectivity index (χ4n) is 4.97. The number of likely N-dealkylation sites (tertiary alicyclic amines) is 1. The van der Waals surface area contributed by atoms with Gasteiger partial charge in [-0.2, -0.15) is 0 Å². The van der Waals surface area contributed by atoms with E-state index in [0.29, 0.717) is 23.1 Å². The van der Waals surface area contributed by atoms with Gasteiger partial charge in [0.1, 0.15) is 11.8 Å². The molecule has 8 nitrogen and oxygen atoms in total. The third-order valence-corrected chi connectivity index (χ3v) is 7.86. The van der Waals surface area contributed by atoms with E-state index in [9.17, 15) is 24.6 Å². The van der Waals surface area contributed by atoms with Crippen molar-refractivity contribution in [2.45, 2.75) is 84.5 Å². The second kappa shape index (κ2) is 11.9. The molecule has 4 N–H and O–H groups in total. The van der Waals surface area contributed by atoms with Gasteiger partial charge in [0.25, 0.3) is 17.7 Å². The third kappa shape index (κ3) is 6.27. The summed E-state index contributed by atoms with van der Waals surface area (Å²) in [5.74, 6) is -5.96. The number of aromatic hydroxyl groups is 1. The Morgan fingerprint density at radius 1 is 1.10 bits per heavy atom. The van der Waals surface area contributed by atoms with Crippen LogP contribution in [0.2, 0.25) is 0 Å². The van der Waals surface area contributed by atoms with Crippen molar-refractivity contribution >= 4 is 17.7 Å². The van der Waals surface area contributed by atoms with Gasteiger partial charge in [-0.3, -0.25) is 14.4 Å². The van der Waals surface area contributed by atoms with Crippen LogP contribution in [0, 0.1) is 19.3 Å². The monoisotopic (exact) mass is 559 g/mol. The smallest absolute Gasteiger partial charge is 0.272 e. The molecule has 1 fully saturated rings. The predicted molar refractivity (Wildman–Crippen MR) is 147 cm³/mol. The number of phenols is 1. The van der Waals surface area contributed by atoms with E-state index >= 15 is 8.78 Å². The average molecular weight is 560 g/mol. The minimum absolute atomic E-state index is 0.00763. The first-order valence-electron chi connectivity index (χ1n) is 13.4. The van der Waals surface area contributed by atoms with Gasteiger partial charge in [0.05, 0.1) is 18.0 Å².